The number of rotatable bonds is 3. The molecule has 0 spiro atoms. The third kappa shape index (κ3) is 3.65. The molecule has 0 amide bonds. The molecule has 4 heterocycles. The van der Waals surface area contributed by atoms with Crippen LogP contribution in [0.2, 0.25) is 0 Å². The summed E-state index contributed by atoms with van der Waals surface area (Å²) in [5.74, 6) is 0. The Balaban J connectivity index is 1.65. The Morgan fingerprint density at radius 3 is 1.84 bits per heavy atom. The predicted molar refractivity (Wildman–Crippen MR) is 104 cm³/mol. The Kier molecular flexibility index (Phi) is 6.01. The van der Waals surface area contributed by atoms with Gasteiger partial charge in [-0.15, -0.1) is 0 Å². The molecule has 2 unspecified atom stereocenters. The molecule has 0 N–H and O–H groups in total. The quantitative estimate of drug-likeness (QED) is 0.773. The van der Waals surface area contributed by atoms with Gasteiger partial charge in [0.1, 0.15) is 5.66 Å². The van der Waals surface area contributed by atoms with Crippen molar-refractivity contribution in [3.63, 3.8) is 0 Å². The molecule has 2 atom stereocenters. The number of nitrogens with zero attached hydrogens (tertiary/aromatic N) is 4. The van der Waals surface area contributed by atoms with Crippen LogP contribution < -0.4 is 0 Å². The van der Waals surface area contributed by atoms with Crippen LogP contribution in [0.1, 0.15) is 77.6 Å². The average molecular weight is 349 g/mol. The Bertz CT molecular complexity index is 410. The van der Waals surface area contributed by atoms with E-state index < -0.39 is 0 Å². The van der Waals surface area contributed by atoms with Gasteiger partial charge < -0.3 is 0 Å². The van der Waals surface area contributed by atoms with Crippen LogP contribution in [0.25, 0.3) is 0 Å². The fourth-order valence-electron chi connectivity index (χ4n) is 6.12. The summed E-state index contributed by atoms with van der Waals surface area (Å²) in [5, 5.41) is 5.65. The third-order valence-corrected chi connectivity index (χ3v) is 7.50. The van der Waals surface area contributed by atoms with Crippen LogP contribution in [0.4, 0.5) is 0 Å². The van der Waals surface area contributed by atoms with Crippen LogP contribution in [-0.4, -0.2) is 77.3 Å². The predicted octanol–water partition coefficient (Wildman–Crippen LogP) is 3.54. The maximum absolute atomic E-state index is 2.90. The Labute approximate surface area is 155 Å². The van der Waals surface area contributed by atoms with Crippen molar-refractivity contribution in [2.75, 3.05) is 45.8 Å². The fourth-order valence-corrected chi connectivity index (χ4v) is 6.12. The van der Waals surface area contributed by atoms with E-state index in [-0.39, 0.29) is 5.66 Å². The van der Waals surface area contributed by atoms with E-state index in [4.69, 9.17) is 0 Å². The molecule has 4 saturated heterocycles. The summed E-state index contributed by atoms with van der Waals surface area (Å²) in [5.41, 5.74) is 0.207. The van der Waals surface area contributed by atoms with Crippen molar-refractivity contribution in [2.24, 2.45) is 0 Å². The van der Waals surface area contributed by atoms with Gasteiger partial charge in [-0.25, -0.2) is 10.0 Å². The van der Waals surface area contributed by atoms with Gasteiger partial charge in [0.2, 0.25) is 0 Å². The summed E-state index contributed by atoms with van der Waals surface area (Å²) in [7, 11) is 0. The summed E-state index contributed by atoms with van der Waals surface area (Å²) in [6.45, 7) is 11.8. The van der Waals surface area contributed by atoms with Crippen molar-refractivity contribution >= 4 is 0 Å². The zero-order chi connectivity index (χ0) is 17.1. The highest BCUT2D eigenvalue weighted by Crippen LogP contribution is 2.38. The summed E-state index contributed by atoms with van der Waals surface area (Å²) < 4.78 is 0. The molecule has 0 aromatic carbocycles. The van der Waals surface area contributed by atoms with E-state index in [1.165, 1.54) is 116 Å². The Hall–Kier alpha value is -0.160. The number of hydrazine groups is 1. The second kappa shape index (κ2) is 8.24. The summed E-state index contributed by atoms with van der Waals surface area (Å²) in [4.78, 5) is 5.77. The van der Waals surface area contributed by atoms with Gasteiger partial charge in [0.15, 0.2) is 0 Å². The van der Waals surface area contributed by atoms with Gasteiger partial charge in [0, 0.05) is 25.7 Å². The van der Waals surface area contributed by atoms with Crippen LogP contribution in [0.3, 0.4) is 0 Å². The van der Waals surface area contributed by atoms with Crippen LogP contribution in [-0.2, 0) is 0 Å². The minimum Gasteiger partial charge on any atom is -0.297 e. The van der Waals surface area contributed by atoms with Crippen molar-refractivity contribution in [1.82, 2.24) is 19.8 Å². The molecule has 0 saturated carbocycles. The van der Waals surface area contributed by atoms with Crippen molar-refractivity contribution in [3.05, 3.63) is 0 Å². The van der Waals surface area contributed by atoms with Crippen molar-refractivity contribution in [1.29, 1.82) is 0 Å². The molecule has 0 bridgehead atoms. The lowest BCUT2D eigenvalue weighted by Crippen LogP contribution is -2.72. The van der Waals surface area contributed by atoms with Gasteiger partial charge in [-0.3, -0.25) is 9.80 Å². The van der Waals surface area contributed by atoms with Crippen LogP contribution in [0.15, 0.2) is 0 Å². The minimum absolute atomic E-state index is 0.207. The molecule has 4 fully saturated rings. The summed E-state index contributed by atoms with van der Waals surface area (Å²) >= 11 is 0. The van der Waals surface area contributed by atoms with Crippen LogP contribution in [0.5, 0.6) is 0 Å². The standard InChI is InChI=1S/C21H40N4/c1-21(23-15-5-2-6-16-23)20(22-13-10-11-14-22)12-4-9-19-25(21)24-17-7-3-8-18-24/h20H,2-19H2,1H3. The van der Waals surface area contributed by atoms with E-state index in [1.54, 1.807) is 0 Å². The minimum atomic E-state index is 0.207. The number of hydrogen-bond acceptors (Lipinski definition) is 4. The smallest absolute Gasteiger partial charge is 0.100 e. The van der Waals surface area contributed by atoms with Crippen LogP contribution in [0, 0.1) is 0 Å². The second-order valence-corrected chi connectivity index (χ2v) is 9.03. The molecular weight excluding hydrogens is 308 g/mol. The highest BCUT2D eigenvalue weighted by Gasteiger charge is 2.50. The first-order valence-corrected chi connectivity index (χ1v) is 11.3. The van der Waals surface area contributed by atoms with E-state index >= 15 is 0 Å². The SMILES string of the molecule is CC1(N2CCCCC2)C(N2CCCC2)CCCCN1N1CCCCC1. The Morgan fingerprint density at radius 1 is 0.600 bits per heavy atom. The topological polar surface area (TPSA) is 13.0 Å². The van der Waals surface area contributed by atoms with Gasteiger partial charge >= 0.3 is 0 Å². The number of likely N-dealkylation sites (tertiary alicyclic amines) is 2. The van der Waals surface area contributed by atoms with Gasteiger partial charge in [-0.2, -0.15) is 0 Å². The summed E-state index contributed by atoms with van der Waals surface area (Å²) in [6.07, 6.45) is 15.5. The van der Waals surface area contributed by atoms with E-state index in [2.05, 4.69) is 26.7 Å². The Morgan fingerprint density at radius 2 is 1.16 bits per heavy atom. The zero-order valence-corrected chi connectivity index (χ0v) is 16.6. The third-order valence-electron chi connectivity index (χ3n) is 7.50. The fraction of sp³-hybridized carbons (Fsp3) is 1.00. The number of piperidine rings is 2. The first kappa shape index (κ1) is 18.2. The number of hydrogen-bond donors (Lipinski definition) is 0. The van der Waals surface area contributed by atoms with Crippen molar-refractivity contribution in [2.45, 2.75) is 89.3 Å². The normalized spacial score (nSPS) is 38.0. The highest BCUT2D eigenvalue weighted by molar-refractivity contribution is 5.01. The van der Waals surface area contributed by atoms with E-state index in [9.17, 15) is 0 Å². The zero-order valence-electron chi connectivity index (χ0n) is 16.6. The van der Waals surface area contributed by atoms with E-state index in [1.807, 2.05) is 0 Å². The van der Waals surface area contributed by atoms with Crippen LogP contribution >= 0.6 is 0 Å². The largest absolute Gasteiger partial charge is 0.297 e. The van der Waals surface area contributed by atoms with Crippen molar-refractivity contribution in [3.8, 4) is 0 Å². The van der Waals surface area contributed by atoms with Crippen molar-refractivity contribution < 1.29 is 0 Å². The molecule has 25 heavy (non-hydrogen) atoms. The molecule has 144 valence electrons. The lowest BCUT2D eigenvalue weighted by molar-refractivity contribution is -0.202. The van der Waals surface area contributed by atoms with E-state index in [0.717, 1.165) is 6.04 Å². The molecule has 4 aliphatic rings. The maximum atomic E-state index is 2.90. The molecule has 0 aliphatic carbocycles. The first-order valence-electron chi connectivity index (χ1n) is 11.3. The highest BCUT2D eigenvalue weighted by atomic mass is 15.7. The molecule has 4 heteroatoms. The second-order valence-electron chi connectivity index (χ2n) is 9.03. The molecule has 0 aromatic heterocycles. The lowest BCUT2D eigenvalue weighted by atomic mass is 9.92. The molecule has 0 radical (unpaired) electrons. The summed E-state index contributed by atoms with van der Waals surface area (Å²) in [6, 6.07) is 0.720. The first-order chi connectivity index (χ1) is 12.3. The van der Waals surface area contributed by atoms with Gasteiger partial charge in [0.25, 0.3) is 0 Å². The monoisotopic (exact) mass is 348 g/mol. The van der Waals surface area contributed by atoms with Gasteiger partial charge in [0.05, 0.1) is 0 Å². The lowest BCUT2D eigenvalue weighted by Gasteiger charge is -2.58. The molecule has 4 aliphatic heterocycles. The maximum Gasteiger partial charge on any atom is 0.100 e. The van der Waals surface area contributed by atoms with Gasteiger partial charge in [-0.05, 0) is 84.5 Å². The molecule has 4 nitrogen and oxygen atoms in total. The molecule has 4 rings (SSSR count). The molecular formula is C21H40N4. The molecule has 0 aromatic rings. The average Bonchev–Trinajstić information content (AvgIpc) is 3.14. The van der Waals surface area contributed by atoms with Gasteiger partial charge in [-0.1, -0.05) is 19.3 Å². The van der Waals surface area contributed by atoms with E-state index in [0.29, 0.717) is 0 Å².